The Morgan fingerprint density at radius 3 is 2.50 bits per heavy atom. The van der Waals surface area contributed by atoms with Crippen LogP contribution in [0.1, 0.15) is 41.3 Å². The van der Waals surface area contributed by atoms with Crippen LogP contribution in [0, 0.1) is 11.3 Å². The molecule has 1 saturated heterocycles. The van der Waals surface area contributed by atoms with Gasteiger partial charge in [0, 0.05) is 37.8 Å². The predicted octanol–water partition coefficient (Wildman–Crippen LogP) is 3.68. The molecule has 2 aromatic rings. The van der Waals surface area contributed by atoms with Gasteiger partial charge >= 0.3 is 0 Å². The molecule has 2 atom stereocenters. The molecule has 0 radical (unpaired) electrons. The maximum atomic E-state index is 12.8. The van der Waals surface area contributed by atoms with Gasteiger partial charge in [0.05, 0.1) is 11.6 Å². The number of carbonyl (C=O) groups is 1. The maximum Gasteiger partial charge on any atom is 0.253 e. The van der Waals surface area contributed by atoms with Gasteiger partial charge in [0.2, 0.25) is 0 Å². The highest BCUT2D eigenvalue weighted by Gasteiger charge is 2.30. The van der Waals surface area contributed by atoms with E-state index in [1.54, 1.807) is 24.3 Å². The van der Waals surface area contributed by atoms with Crippen molar-refractivity contribution < 1.29 is 4.79 Å². The summed E-state index contributed by atoms with van der Waals surface area (Å²) in [6, 6.07) is 20.2. The van der Waals surface area contributed by atoms with Crippen molar-refractivity contribution in [3.63, 3.8) is 0 Å². The average molecular weight is 347 g/mol. The van der Waals surface area contributed by atoms with Crippen molar-refractivity contribution in [2.24, 2.45) is 0 Å². The van der Waals surface area contributed by atoms with E-state index >= 15 is 0 Å². The first-order chi connectivity index (χ1) is 12.6. The third-order valence-electron chi connectivity index (χ3n) is 5.34. The molecule has 134 valence electrons. The zero-order chi connectivity index (χ0) is 18.5. The Balaban J connectivity index is 1.60. The molecule has 3 rings (SSSR count). The number of hydrogen-bond donors (Lipinski definition) is 0. The van der Waals surface area contributed by atoms with Crippen molar-refractivity contribution in [3.05, 3.63) is 71.3 Å². The molecule has 1 fully saturated rings. The maximum absolute atomic E-state index is 12.8. The minimum absolute atomic E-state index is 0.0307. The Hall–Kier alpha value is -2.64. The van der Waals surface area contributed by atoms with Crippen molar-refractivity contribution in [2.75, 3.05) is 13.6 Å². The van der Waals surface area contributed by atoms with E-state index < -0.39 is 0 Å². The smallest absolute Gasteiger partial charge is 0.253 e. The van der Waals surface area contributed by atoms with Gasteiger partial charge in [0.15, 0.2) is 0 Å². The molecule has 4 nitrogen and oxygen atoms in total. The highest BCUT2D eigenvalue weighted by atomic mass is 16.2. The van der Waals surface area contributed by atoms with Gasteiger partial charge < -0.3 is 4.90 Å². The molecule has 1 amide bonds. The molecule has 2 aromatic carbocycles. The molecule has 0 bridgehead atoms. The number of amides is 1. The number of hydrogen-bond acceptors (Lipinski definition) is 3. The second kappa shape index (κ2) is 8.16. The summed E-state index contributed by atoms with van der Waals surface area (Å²) in [4.78, 5) is 17.1. The average Bonchev–Trinajstić information content (AvgIpc) is 2.69. The molecule has 1 aliphatic heterocycles. The zero-order valence-corrected chi connectivity index (χ0v) is 15.4. The second-order valence-corrected chi connectivity index (χ2v) is 7.09. The molecule has 26 heavy (non-hydrogen) atoms. The van der Waals surface area contributed by atoms with Gasteiger partial charge in [-0.2, -0.15) is 5.26 Å². The van der Waals surface area contributed by atoms with Crippen LogP contribution in [-0.4, -0.2) is 41.4 Å². The molecule has 0 unspecified atom stereocenters. The number of likely N-dealkylation sites (tertiary alicyclic amines) is 1. The number of nitrogens with zero attached hydrogens (tertiary/aromatic N) is 3. The highest BCUT2D eigenvalue weighted by molar-refractivity contribution is 5.94. The molecule has 4 heteroatoms. The van der Waals surface area contributed by atoms with E-state index in [1.165, 1.54) is 5.56 Å². The number of piperidine rings is 1. The van der Waals surface area contributed by atoms with Crippen LogP contribution in [0.5, 0.6) is 0 Å². The molecule has 0 aliphatic carbocycles. The fourth-order valence-corrected chi connectivity index (χ4v) is 3.66. The minimum atomic E-state index is 0.0307. The van der Waals surface area contributed by atoms with Gasteiger partial charge in [-0.1, -0.05) is 30.3 Å². The van der Waals surface area contributed by atoms with Crippen LogP contribution >= 0.6 is 0 Å². The lowest BCUT2D eigenvalue weighted by Gasteiger charge is -2.41. The van der Waals surface area contributed by atoms with Crippen molar-refractivity contribution in [2.45, 2.75) is 38.4 Å². The first-order valence-corrected chi connectivity index (χ1v) is 9.14. The minimum Gasteiger partial charge on any atom is -0.339 e. The van der Waals surface area contributed by atoms with Gasteiger partial charge in [-0.25, -0.2) is 0 Å². The first-order valence-electron chi connectivity index (χ1n) is 9.14. The van der Waals surface area contributed by atoms with Crippen LogP contribution in [0.2, 0.25) is 0 Å². The quantitative estimate of drug-likeness (QED) is 0.847. The number of carbonyl (C=O) groups excluding carboxylic acids is 1. The second-order valence-electron chi connectivity index (χ2n) is 7.09. The normalized spacial score (nSPS) is 20.3. The summed E-state index contributed by atoms with van der Waals surface area (Å²) in [5.74, 6) is 0.0307. The Bertz CT molecular complexity index is 779. The molecule has 0 spiro atoms. The Kier molecular flexibility index (Phi) is 5.70. The Morgan fingerprint density at radius 1 is 1.19 bits per heavy atom. The van der Waals surface area contributed by atoms with Crippen molar-refractivity contribution in [1.82, 2.24) is 9.80 Å². The predicted molar refractivity (Wildman–Crippen MR) is 103 cm³/mol. The van der Waals surface area contributed by atoms with E-state index in [9.17, 15) is 4.79 Å². The van der Waals surface area contributed by atoms with Gasteiger partial charge in [-0.15, -0.1) is 0 Å². The molecular weight excluding hydrogens is 322 g/mol. The largest absolute Gasteiger partial charge is 0.339 e. The SMILES string of the molecule is C[C@H]1C[C@H](N(C)C(=O)c2ccc(C#N)cc2)CCN1Cc1ccccc1. The topological polar surface area (TPSA) is 47.3 Å². The van der Waals surface area contributed by atoms with Crippen molar-refractivity contribution in [3.8, 4) is 6.07 Å². The lowest BCUT2D eigenvalue weighted by molar-refractivity contribution is 0.0538. The summed E-state index contributed by atoms with van der Waals surface area (Å²) >= 11 is 0. The lowest BCUT2D eigenvalue weighted by Crippen LogP contribution is -2.49. The van der Waals surface area contributed by atoms with Gasteiger partial charge in [0.25, 0.3) is 5.91 Å². The summed E-state index contributed by atoms with van der Waals surface area (Å²) in [6.07, 6.45) is 1.96. The summed E-state index contributed by atoms with van der Waals surface area (Å²) < 4.78 is 0. The summed E-state index contributed by atoms with van der Waals surface area (Å²) in [5, 5.41) is 8.89. The van der Waals surface area contributed by atoms with Crippen LogP contribution in [0.4, 0.5) is 0 Å². The van der Waals surface area contributed by atoms with Crippen LogP contribution < -0.4 is 0 Å². The third kappa shape index (κ3) is 4.12. The molecule has 1 aliphatic rings. The van der Waals surface area contributed by atoms with Gasteiger partial charge in [-0.3, -0.25) is 9.69 Å². The number of rotatable bonds is 4. The van der Waals surface area contributed by atoms with Crippen LogP contribution in [0.3, 0.4) is 0 Å². The van der Waals surface area contributed by atoms with Crippen LogP contribution in [-0.2, 0) is 6.54 Å². The van der Waals surface area contributed by atoms with E-state index in [4.69, 9.17) is 5.26 Å². The monoisotopic (exact) mass is 347 g/mol. The van der Waals surface area contributed by atoms with Gasteiger partial charge in [0.1, 0.15) is 0 Å². The molecular formula is C22H25N3O. The number of benzene rings is 2. The number of nitriles is 1. The Labute approximate surface area is 155 Å². The van der Waals surface area contributed by atoms with Gasteiger partial charge in [-0.05, 0) is 49.6 Å². The van der Waals surface area contributed by atoms with E-state index in [2.05, 4.69) is 42.2 Å². The van der Waals surface area contributed by atoms with E-state index in [0.717, 1.165) is 25.9 Å². The van der Waals surface area contributed by atoms with E-state index in [-0.39, 0.29) is 11.9 Å². The highest BCUT2D eigenvalue weighted by Crippen LogP contribution is 2.24. The summed E-state index contributed by atoms with van der Waals surface area (Å²) in [5.41, 5.74) is 2.55. The summed E-state index contributed by atoms with van der Waals surface area (Å²) in [6.45, 7) is 4.20. The van der Waals surface area contributed by atoms with E-state index in [1.807, 2.05) is 18.0 Å². The van der Waals surface area contributed by atoms with Crippen LogP contribution in [0.25, 0.3) is 0 Å². The van der Waals surface area contributed by atoms with E-state index in [0.29, 0.717) is 17.2 Å². The van der Waals surface area contributed by atoms with Crippen molar-refractivity contribution >= 4 is 5.91 Å². The lowest BCUT2D eigenvalue weighted by atomic mass is 9.96. The fraction of sp³-hybridized carbons (Fsp3) is 0.364. The fourth-order valence-electron chi connectivity index (χ4n) is 3.66. The molecule has 0 saturated carbocycles. The standard InChI is InChI=1S/C22H25N3O/c1-17-14-21(12-13-25(17)16-19-6-4-3-5-7-19)24(2)22(26)20-10-8-18(15-23)9-11-20/h3-11,17,21H,12-14,16H2,1-2H3/t17-,21+/m0/s1. The summed E-state index contributed by atoms with van der Waals surface area (Å²) in [7, 11) is 1.89. The van der Waals surface area contributed by atoms with Crippen molar-refractivity contribution in [1.29, 1.82) is 5.26 Å². The Morgan fingerprint density at radius 2 is 1.88 bits per heavy atom. The molecule has 1 heterocycles. The first kappa shape index (κ1) is 18.2. The zero-order valence-electron chi connectivity index (χ0n) is 15.4. The molecule has 0 aromatic heterocycles. The molecule has 0 N–H and O–H groups in total. The van der Waals surface area contributed by atoms with Crippen LogP contribution in [0.15, 0.2) is 54.6 Å². The third-order valence-corrected chi connectivity index (χ3v) is 5.34.